The average molecular weight is 300 g/mol. The van der Waals surface area contributed by atoms with Gasteiger partial charge in [-0.25, -0.2) is 0 Å². The number of hydrogen-bond acceptors (Lipinski definition) is 1. The molecule has 0 aliphatic rings. The standard InChI is InChI=1S/C17H23F3O/c1-4-6-7-9-13(8-5-2)15-12-14(17(18,19)20)10-11-16(15)21-3/h6-7,10-13H,4-5,8-9H2,1-3H3/b7-6-. The molecule has 0 saturated heterocycles. The minimum atomic E-state index is -4.32. The van der Waals surface area contributed by atoms with Crippen LogP contribution in [0.3, 0.4) is 0 Å². The zero-order valence-corrected chi connectivity index (χ0v) is 12.8. The van der Waals surface area contributed by atoms with E-state index in [0.29, 0.717) is 11.3 Å². The van der Waals surface area contributed by atoms with E-state index in [1.807, 2.05) is 26.0 Å². The number of hydrogen-bond donors (Lipinski definition) is 0. The Kier molecular flexibility index (Phi) is 6.79. The van der Waals surface area contributed by atoms with Crippen molar-refractivity contribution in [1.82, 2.24) is 0 Å². The number of benzene rings is 1. The van der Waals surface area contributed by atoms with Crippen LogP contribution in [0.25, 0.3) is 0 Å². The summed E-state index contributed by atoms with van der Waals surface area (Å²) in [6.45, 7) is 4.08. The van der Waals surface area contributed by atoms with Crippen LogP contribution in [0.15, 0.2) is 30.4 Å². The molecule has 1 nitrogen and oxygen atoms in total. The van der Waals surface area contributed by atoms with E-state index in [0.717, 1.165) is 31.7 Å². The van der Waals surface area contributed by atoms with Crippen LogP contribution in [0.2, 0.25) is 0 Å². The van der Waals surface area contributed by atoms with Gasteiger partial charge in [0.15, 0.2) is 0 Å². The maximum Gasteiger partial charge on any atom is 0.416 e. The van der Waals surface area contributed by atoms with Crippen LogP contribution in [0.4, 0.5) is 13.2 Å². The molecule has 0 aliphatic heterocycles. The molecule has 0 radical (unpaired) electrons. The number of alkyl halides is 3. The first-order chi connectivity index (χ1) is 9.93. The van der Waals surface area contributed by atoms with Crippen molar-refractivity contribution in [1.29, 1.82) is 0 Å². The Morgan fingerprint density at radius 1 is 1.19 bits per heavy atom. The Balaban J connectivity index is 3.16. The van der Waals surface area contributed by atoms with Crippen molar-refractivity contribution in [3.63, 3.8) is 0 Å². The third-order valence-corrected chi connectivity index (χ3v) is 3.46. The smallest absolute Gasteiger partial charge is 0.416 e. The lowest BCUT2D eigenvalue weighted by Crippen LogP contribution is -2.08. The summed E-state index contributed by atoms with van der Waals surface area (Å²) < 4.78 is 44.0. The van der Waals surface area contributed by atoms with E-state index in [1.54, 1.807) is 0 Å². The van der Waals surface area contributed by atoms with Crippen LogP contribution in [0.1, 0.15) is 56.6 Å². The lowest BCUT2D eigenvalue weighted by molar-refractivity contribution is -0.137. The summed E-state index contributed by atoms with van der Waals surface area (Å²) >= 11 is 0. The van der Waals surface area contributed by atoms with Gasteiger partial charge in [0.2, 0.25) is 0 Å². The van der Waals surface area contributed by atoms with Gasteiger partial charge in [0.1, 0.15) is 5.75 Å². The molecule has 1 unspecified atom stereocenters. The summed E-state index contributed by atoms with van der Waals surface area (Å²) in [5.41, 5.74) is 0.0359. The fraction of sp³-hybridized carbons (Fsp3) is 0.529. The molecule has 0 heterocycles. The van der Waals surface area contributed by atoms with Crippen LogP contribution in [-0.2, 0) is 6.18 Å². The Morgan fingerprint density at radius 2 is 1.90 bits per heavy atom. The zero-order valence-electron chi connectivity index (χ0n) is 12.8. The summed E-state index contributed by atoms with van der Waals surface area (Å²) in [7, 11) is 1.50. The molecule has 0 spiro atoms. The first-order valence-corrected chi connectivity index (χ1v) is 7.34. The van der Waals surface area contributed by atoms with Crippen molar-refractivity contribution in [3.05, 3.63) is 41.5 Å². The van der Waals surface area contributed by atoms with Gasteiger partial charge in [0.05, 0.1) is 12.7 Å². The maximum absolute atomic E-state index is 12.9. The predicted molar refractivity (Wildman–Crippen MR) is 79.7 cm³/mol. The van der Waals surface area contributed by atoms with Gasteiger partial charge in [-0.1, -0.05) is 32.4 Å². The monoisotopic (exact) mass is 300 g/mol. The summed E-state index contributed by atoms with van der Waals surface area (Å²) in [4.78, 5) is 0. The quantitative estimate of drug-likeness (QED) is 0.565. The largest absolute Gasteiger partial charge is 0.496 e. The Hall–Kier alpha value is -1.45. The number of rotatable bonds is 7. The van der Waals surface area contributed by atoms with Crippen molar-refractivity contribution in [2.45, 2.75) is 51.6 Å². The highest BCUT2D eigenvalue weighted by Crippen LogP contribution is 2.38. The van der Waals surface area contributed by atoms with Gasteiger partial charge >= 0.3 is 6.18 Å². The molecule has 0 aromatic heterocycles. The second kappa shape index (κ2) is 8.11. The Bertz CT molecular complexity index is 464. The van der Waals surface area contributed by atoms with E-state index in [4.69, 9.17) is 4.74 Å². The maximum atomic E-state index is 12.9. The van der Waals surface area contributed by atoms with Crippen LogP contribution in [-0.4, -0.2) is 7.11 Å². The molecule has 0 aliphatic carbocycles. The first-order valence-electron chi connectivity index (χ1n) is 7.34. The average Bonchev–Trinajstić information content (AvgIpc) is 2.45. The molecule has 21 heavy (non-hydrogen) atoms. The normalized spacial score (nSPS) is 13.6. The van der Waals surface area contributed by atoms with E-state index < -0.39 is 11.7 Å². The third-order valence-electron chi connectivity index (χ3n) is 3.46. The van der Waals surface area contributed by atoms with Gasteiger partial charge < -0.3 is 4.74 Å². The predicted octanol–water partition coefficient (Wildman–Crippen LogP) is 5.95. The van der Waals surface area contributed by atoms with Crippen molar-refractivity contribution >= 4 is 0 Å². The fourth-order valence-corrected chi connectivity index (χ4v) is 2.41. The lowest BCUT2D eigenvalue weighted by Gasteiger charge is -2.20. The second-order valence-corrected chi connectivity index (χ2v) is 5.06. The highest BCUT2D eigenvalue weighted by Gasteiger charge is 2.31. The zero-order chi connectivity index (χ0) is 15.9. The molecule has 4 heteroatoms. The van der Waals surface area contributed by atoms with Crippen LogP contribution < -0.4 is 4.74 Å². The number of halogens is 3. The van der Waals surface area contributed by atoms with E-state index >= 15 is 0 Å². The number of methoxy groups -OCH3 is 1. The van der Waals surface area contributed by atoms with Gasteiger partial charge in [-0.15, -0.1) is 0 Å². The molecule has 118 valence electrons. The molecule has 1 aromatic rings. The molecular weight excluding hydrogens is 277 g/mol. The molecule has 1 rings (SSSR count). The van der Waals surface area contributed by atoms with E-state index in [-0.39, 0.29) is 5.92 Å². The van der Waals surface area contributed by atoms with E-state index in [9.17, 15) is 13.2 Å². The van der Waals surface area contributed by atoms with Gasteiger partial charge in [-0.3, -0.25) is 0 Å². The Morgan fingerprint density at radius 3 is 2.43 bits per heavy atom. The number of allylic oxidation sites excluding steroid dienone is 2. The van der Waals surface area contributed by atoms with Gasteiger partial charge in [0.25, 0.3) is 0 Å². The molecule has 1 aromatic carbocycles. The summed E-state index contributed by atoms with van der Waals surface area (Å²) in [6, 6.07) is 3.73. The topological polar surface area (TPSA) is 9.23 Å². The van der Waals surface area contributed by atoms with Crippen LogP contribution in [0, 0.1) is 0 Å². The molecule has 0 saturated carbocycles. The van der Waals surface area contributed by atoms with Crippen molar-refractivity contribution in [3.8, 4) is 5.75 Å². The lowest BCUT2D eigenvalue weighted by atomic mass is 9.89. The van der Waals surface area contributed by atoms with E-state index in [2.05, 4.69) is 0 Å². The van der Waals surface area contributed by atoms with Gasteiger partial charge in [-0.2, -0.15) is 13.2 Å². The summed E-state index contributed by atoms with van der Waals surface area (Å²) in [5.74, 6) is 0.585. The van der Waals surface area contributed by atoms with Crippen LogP contribution >= 0.6 is 0 Å². The summed E-state index contributed by atoms with van der Waals surface area (Å²) in [5, 5.41) is 0. The highest BCUT2D eigenvalue weighted by molar-refractivity contribution is 5.41. The SMILES string of the molecule is CC/C=C\CC(CCC)c1cc(C(F)(F)F)ccc1OC. The minimum Gasteiger partial charge on any atom is -0.496 e. The van der Waals surface area contributed by atoms with Crippen molar-refractivity contribution in [2.75, 3.05) is 7.11 Å². The van der Waals surface area contributed by atoms with Crippen molar-refractivity contribution in [2.24, 2.45) is 0 Å². The molecule has 0 fully saturated rings. The summed E-state index contributed by atoms with van der Waals surface area (Å²) in [6.07, 6.45) is 3.19. The van der Waals surface area contributed by atoms with E-state index in [1.165, 1.54) is 19.2 Å². The molecular formula is C17H23F3O. The molecule has 0 amide bonds. The van der Waals surface area contributed by atoms with Crippen LogP contribution in [0.5, 0.6) is 5.75 Å². The first kappa shape index (κ1) is 17.6. The minimum absolute atomic E-state index is 0.0510. The molecule has 0 bridgehead atoms. The third kappa shape index (κ3) is 5.10. The van der Waals surface area contributed by atoms with Gasteiger partial charge in [0, 0.05) is 0 Å². The molecule has 1 atom stereocenters. The highest BCUT2D eigenvalue weighted by atomic mass is 19.4. The van der Waals surface area contributed by atoms with Crippen molar-refractivity contribution < 1.29 is 17.9 Å². The Labute approximate surface area is 124 Å². The fourth-order valence-electron chi connectivity index (χ4n) is 2.41. The number of ether oxygens (including phenoxy) is 1. The van der Waals surface area contributed by atoms with Gasteiger partial charge in [-0.05, 0) is 48.9 Å². The second-order valence-electron chi connectivity index (χ2n) is 5.06. The molecule has 0 N–H and O–H groups in total.